The molecule has 1 aromatic heterocycles. The Labute approximate surface area is 118 Å². The van der Waals surface area contributed by atoms with Gasteiger partial charge < -0.3 is 5.73 Å². The van der Waals surface area contributed by atoms with Crippen molar-refractivity contribution in [2.45, 2.75) is 26.2 Å². The van der Waals surface area contributed by atoms with Gasteiger partial charge in [0.1, 0.15) is 0 Å². The number of benzene rings is 1. The minimum Gasteiger partial charge on any atom is -0.330 e. The van der Waals surface area contributed by atoms with Crippen LogP contribution < -0.4 is 5.73 Å². The third kappa shape index (κ3) is 3.52. The molecule has 0 bridgehead atoms. The molecule has 0 saturated heterocycles. The Balaban J connectivity index is 2.15. The number of rotatable bonds is 6. The molecule has 1 aromatic carbocycles. The van der Waals surface area contributed by atoms with Crippen molar-refractivity contribution in [3.8, 4) is 0 Å². The molecule has 0 aliphatic rings. The van der Waals surface area contributed by atoms with Crippen LogP contribution in [0.15, 0.2) is 36.4 Å². The first-order chi connectivity index (χ1) is 9.24. The molecular formula is C16H19NOS. The lowest BCUT2D eigenvalue weighted by Gasteiger charge is -2.06. The Kier molecular flexibility index (Phi) is 4.88. The highest BCUT2D eigenvalue weighted by atomic mass is 32.1. The van der Waals surface area contributed by atoms with Crippen molar-refractivity contribution in [1.82, 2.24) is 0 Å². The van der Waals surface area contributed by atoms with Gasteiger partial charge in [0.2, 0.25) is 0 Å². The van der Waals surface area contributed by atoms with Gasteiger partial charge in [0, 0.05) is 21.7 Å². The summed E-state index contributed by atoms with van der Waals surface area (Å²) in [5.41, 5.74) is 7.47. The first kappa shape index (κ1) is 14.0. The lowest BCUT2D eigenvalue weighted by atomic mass is 9.99. The third-order valence-corrected chi connectivity index (χ3v) is 4.36. The summed E-state index contributed by atoms with van der Waals surface area (Å²) in [6.45, 7) is 2.71. The van der Waals surface area contributed by atoms with Crippen molar-refractivity contribution < 1.29 is 4.79 Å². The summed E-state index contributed by atoms with van der Waals surface area (Å²) in [4.78, 5) is 14.8. The topological polar surface area (TPSA) is 43.1 Å². The van der Waals surface area contributed by atoms with Crippen LogP contribution in [-0.4, -0.2) is 12.3 Å². The molecule has 0 saturated carbocycles. The number of ketones is 1. The van der Waals surface area contributed by atoms with Gasteiger partial charge in [-0.3, -0.25) is 4.79 Å². The van der Waals surface area contributed by atoms with Crippen LogP contribution in [0.1, 0.15) is 32.6 Å². The van der Waals surface area contributed by atoms with Gasteiger partial charge in [-0.05, 0) is 37.1 Å². The molecule has 0 unspecified atom stereocenters. The molecule has 0 atom stereocenters. The normalized spacial score (nSPS) is 10.6. The van der Waals surface area contributed by atoms with E-state index in [-0.39, 0.29) is 5.78 Å². The Morgan fingerprint density at radius 3 is 2.58 bits per heavy atom. The van der Waals surface area contributed by atoms with Gasteiger partial charge in [0.15, 0.2) is 5.78 Å². The quantitative estimate of drug-likeness (QED) is 0.821. The molecule has 0 spiro atoms. The second-order valence-electron chi connectivity index (χ2n) is 4.52. The first-order valence-corrected chi connectivity index (χ1v) is 7.45. The van der Waals surface area contributed by atoms with E-state index < -0.39 is 0 Å². The fourth-order valence-corrected chi connectivity index (χ4v) is 3.08. The number of Topliss-reactive ketones (excluding diaryl/α,β-unsaturated/α-hetero) is 1. The van der Waals surface area contributed by atoms with Crippen LogP contribution in [0.2, 0.25) is 0 Å². The van der Waals surface area contributed by atoms with E-state index in [2.05, 4.69) is 19.1 Å². The second-order valence-corrected chi connectivity index (χ2v) is 5.77. The van der Waals surface area contributed by atoms with Crippen molar-refractivity contribution in [3.63, 3.8) is 0 Å². The number of hydrogen-bond acceptors (Lipinski definition) is 3. The number of carbonyl (C=O) groups excluding carboxylic acids is 1. The fourth-order valence-electron chi connectivity index (χ4n) is 2.13. The molecule has 1 heterocycles. The monoisotopic (exact) mass is 273 g/mol. The van der Waals surface area contributed by atoms with Crippen LogP contribution in [0.3, 0.4) is 0 Å². The zero-order chi connectivity index (χ0) is 13.7. The van der Waals surface area contributed by atoms with Crippen molar-refractivity contribution >= 4 is 17.1 Å². The molecule has 2 aromatic rings. The van der Waals surface area contributed by atoms with Gasteiger partial charge in [-0.2, -0.15) is 0 Å². The Morgan fingerprint density at radius 1 is 1.16 bits per heavy atom. The SMILES string of the molecule is CCc1ccc(CC(=O)c2ccccc2CCN)s1. The lowest BCUT2D eigenvalue weighted by molar-refractivity contribution is 0.0993. The molecule has 19 heavy (non-hydrogen) atoms. The number of hydrogen-bond donors (Lipinski definition) is 1. The second kappa shape index (κ2) is 6.64. The highest BCUT2D eigenvalue weighted by Gasteiger charge is 2.12. The van der Waals surface area contributed by atoms with Gasteiger partial charge in [-0.25, -0.2) is 0 Å². The van der Waals surface area contributed by atoms with E-state index in [0.717, 1.165) is 28.8 Å². The lowest BCUT2D eigenvalue weighted by Crippen LogP contribution is -2.10. The summed E-state index contributed by atoms with van der Waals surface area (Å²) in [7, 11) is 0. The Hall–Kier alpha value is -1.45. The number of nitrogens with two attached hydrogens (primary N) is 1. The molecule has 2 rings (SSSR count). The van der Waals surface area contributed by atoms with Gasteiger partial charge >= 0.3 is 0 Å². The highest BCUT2D eigenvalue weighted by Crippen LogP contribution is 2.20. The summed E-state index contributed by atoms with van der Waals surface area (Å²) in [5, 5.41) is 0. The average Bonchev–Trinajstić information content (AvgIpc) is 2.87. The van der Waals surface area contributed by atoms with Gasteiger partial charge in [0.05, 0.1) is 0 Å². The minimum absolute atomic E-state index is 0.188. The molecule has 0 aliphatic carbocycles. The standard InChI is InChI=1S/C16H19NOS/c1-2-13-7-8-14(19-13)11-16(18)15-6-4-3-5-12(15)9-10-17/h3-8H,2,9-11,17H2,1H3. The van der Waals surface area contributed by atoms with Crippen molar-refractivity contribution in [2.75, 3.05) is 6.54 Å². The van der Waals surface area contributed by atoms with Crippen LogP contribution in [0.25, 0.3) is 0 Å². The molecule has 2 N–H and O–H groups in total. The first-order valence-electron chi connectivity index (χ1n) is 6.63. The van der Waals surface area contributed by atoms with E-state index in [0.29, 0.717) is 13.0 Å². The fraction of sp³-hybridized carbons (Fsp3) is 0.312. The van der Waals surface area contributed by atoms with E-state index in [9.17, 15) is 4.79 Å². The van der Waals surface area contributed by atoms with Crippen molar-refractivity contribution in [3.05, 3.63) is 57.3 Å². The van der Waals surface area contributed by atoms with Crippen LogP contribution in [-0.2, 0) is 19.3 Å². The van der Waals surface area contributed by atoms with E-state index >= 15 is 0 Å². The molecule has 0 radical (unpaired) electrons. The largest absolute Gasteiger partial charge is 0.330 e. The smallest absolute Gasteiger partial charge is 0.168 e. The maximum Gasteiger partial charge on any atom is 0.168 e. The molecule has 2 nitrogen and oxygen atoms in total. The van der Waals surface area contributed by atoms with Crippen molar-refractivity contribution in [2.24, 2.45) is 5.73 Å². The van der Waals surface area contributed by atoms with Gasteiger partial charge in [-0.1, -0.05) is 31.2 Å². The zero-order valence-electron chi connectivity index (χ0n) is 11.2. The van der Waals surface area contributed by atoms with E-state index in [4.69, 9.17) is 5.73 Å². The molecule has 0 aliphatic heterocycles. The van der Waals surface area contributed by atoms with E-state index in [1.165, 1.54) is 4.88 Å². The summed E-state index contributed by atoms with van der Waals surface area (Å²) in [6, 6.07) is 11.9. The summed E-state index contributed by atoms with van der Waals surface area (Å²) < 4.78 is 0. The van der Waals surface area contributed by atoms with Crippen LogP contribution >= 0.6 is 11.3 Å². The third-order valence-electron chi connectivity index (χ3n) is 3.13. The molecule has 0 amide bonds. The molecule has 100 valence electrons. The van der Waals surface area contributed by atoms with Crippen LogP contribution in [0.5, 0.6) is 0 Å². The average molecular weight is 273 g/mol. The van der Waals surface area contributed by atoms with Gasteiger partial charge in [0.25, 0.3) is 0 Å². The number of thiophene rings is 1. The number of aryl methyl sites for hydroxylation is 1. The number of carbonyl (C=O) groups is 1. The summed E-state index contributed by atoms with van der Waals surface area (Å²) in [5.74, 6) is 0.188. The van der Waals surface area contributed by atoms with E-state index in [1.807, 2.05) is 24.3 Å². The zero-order valence-corrected chi connectivity index (χ0v) is 12.0. The maximum atomic E-state index is 12.4. The molecule has 0 fully saturated rings. The van der Waals surface area contributed by atoms with Crippen LogP contribution in [0, 0.1) is 0 Å². The summed E-state index contributed by atoms with van der Waals surface area (Å²) >= 11 is 1.73. The predicted octanol–water partition coefficient (Wildman–Crippen LogP) is 3.24. The molecular weight excluding hydrogens is 254 g/mol. The Morgan fingerprint density at radius 2 is 1.89 bits per heavy atom. The maximum absolute atomic E-state index is 12.4. The summed E-state index contributed by atoms with van der Waals surface area (Å²) in [6.07, 6.45) is 2.28. The van der Waals surface area contributed by atoms with Gasteiger partial charge in [-0.15, -0.1) is 11.3 Å². The molecule has 3 heteroatoms. The van der Waals surface area contributed by atoms with Crippen LogP contribution in [0.4, 0.5) is 0 Å². The highest BCUT2D eigenvalue weighted by molar-refractivity contribution is 7.12. The minimum atomic E-state index is 0.188. The van der Waals surface area contributed by atoms with E-state index in [1.54, 1.807) is 11.3 Å². The Bertz CT molecular complexity index is 559. The predicted molar refractivity (Wildman–Crippen MR) is 80.9 cm³/mol. The van der Waals surface area contributed by atoms with Crippen molar-refractivity contribution in [1.29, 1.82) is 0 Å².